The molecule has 0 saturated carbocycles. The van der Waals surface area contributed by atoms with Gasteiger partial charge in [-0.3, -0.25) is 9.10 Å². The Morgan fingerprint density at radius 1 is 0.976 bits per heavy atom. The van der Waals surface area contributed by atoms with Gasteiger partial charge in [-0.05, 0) is 51.1 Å². The van der Waals surface area contributed by atoms with Crippen LogP contribution in [0.25, 0.3) is 10.9 Å². The van der Waals surface area contributed by atoms with E-state index in [1.54, 1.807) is 37.3 Å². The molecule has 0 spiro atoms. The number of hydrogen-bond acceptors (Lipinski definition) is 7. The molecule has 4 aromatic rings. The number of likely N-dealkylation sites (N-methyl/N-ethyl adjacent to an activating group) is 1. The van der Waals surface area contributed by atoms with E-state index in [1.807, 2.05) is 50.2 Å². The fourth-order valence-electron chi connectivity index (χ4n) is 4.43. The van der Waals surface area contributed by atoms with Crippen molar-refractivity contribution in [3.63, 3.8) is 0 Å². The topological polar surface area (TPSA) is 133 Å². The summed E-state index contributed by atoms with van der Waals surface area (Å²) in [4.78, 5) is 20.1. The van der Waals surface area contributed by atoms with E-state index in [2.05, 4.69) is 10.3 Å². The molecule has 0 aliphatic carbocycles. The molecule has 0 atom stereocenters. The van der Waals surface area contributed by atoms with Crippen molar-refractivity contribution in [3.05, 3.63) is 77.9 Å². The van der Waals surface area contributed by atoms with Gasteiger partial charge in [-0.25, -0.2) is 13.4 Å². The highest BCUT2D eigenvalue weighted by Crippen LogP contribution is 2.39. The first-order valence-corrected chi connectivity index (χ1v) is 15.1. The lowest BCUT2D eigenvalue weighted by molar-refractivity contribution is -0.119. The SMILES string of the molecule is CCNC(=O)CN(c1ccc(N=C(c2ccccc2)c2c(O)[nH]c3cc(OCC)c(OCC)cc23)cc1)S(C)(=O)=O. The second-order valence-electron chi connectivity index (χ2n) is 9.13. The van der Waals surface area contributed by atoms with Gasteiger partial charge in [0.2, 0.25) is 15.9 Å². The molecule has 1 aromatic heterocycles. The van der Waals surface area contributed by atoms with Crippen LogP contribution < -0.4 is 19.1 Å². The van der Waals surface area contributed by atoms with Crippen molar-refractivity contribution < 1.29 is 27.8 Å². The van der Waals surface area contributed by atoms with E-state index in [0.29, 0.717) is 64.8 Å². The number of hydrogen-bond donors (Lipinski definition) is 3. The van der Waals surface area contributed by atoms with Crippen molar-refractivity contribution in [2.75, 3.05) is 36.9 Å². The third-order valence-corrected chi connectivity index (χ3v) is 7.31. The summed E-state index contributed by atoms with van der Waals surface area (Å²) in [7, 11) is -3.71. The van der Waals surface area contributed by atoms with Crippen molar-refractivity contribution in [1.29, 1.82) is 0 Å². The lowest BCUT2D eigenvalue weighted by Gasteiger charge is -2.21. The molecule has 3 aromatic carbocycles. The third-order valence-electron chi connectivity index (χ3n) is 6.17. The molecule has 10 nitrogen and oxygen atoms in total. The smallest absolute Gasteiger partial charge is 0.240 e. The molecule has 0 saturated heterocycles. The van der Waals surface area contributed by atoms with Gasteiger partial charge in [-0.1, -0.05) is 30.3 Å². The van der Waals surface area contributed by atoms with Gasteiger partial charge >= 0.3 is 0 Å². The van der Waals surface area contributed by atoms with Gasteiger partial charge in [0.1, 0.15) is 6.54 Å². The maximum absolute atomic E-state index is 12.4. The largest absolute Gasteiger partial charge is 0.494 e. The van der Waals surface area contributed by atoms with Crippen LogP contribution in [0.3, 0.4) is 0 Å². The zero-order chi connectivity index (χ0) is 29.6. The van der Waals surface area contributed by atoms with Crippen molar-refractivity contribution in [1.82, 2.24) is 10.3 Å². The number of sulfonamides is 1. The zero-order valence-corrected chi connectivity index (χ0v) is 24.3. The van der Waals surface area contributed by atoms with E-state index >= 15 is 0 Å². The first kappa shape index (κ1) is 29.5. The Balaban J connectivity index is 1.83. The lowest BCUT2D eigenvalue weighted by atomic mass is 10.0. The number of fused-ring (bicyclic) bond motifs is 1. The van der Waals surface area contributed by atoms with Gasteiger partial charge < -0.3 is 24.9 Å². The molecule has 41 heavy (non-hydrogen) atoms. The molecule has 0 unspecified atom stereocenters. The third kappa shape index (κ3) is 6.80. The number of carbonyl (C=O) groups is 1. The average molecular weight is 579 g/mol. The first-order valence-electron chi connectivity index (χ1n) is 13.3. The molecule has 11 heteroatoms. The minimum absolute atomic E-state index is 0.0690. The van der Waals surface area contributed by atoms with E-state index in [-0.39, 0.29) is 12.4 Å². The second-order valence-corrected chi connectivity index (χ2v) is 11.0. The van der Waals surface area contributed by atoms with Crippen LogP contribution >= 0.6 is 0 Å². The Morgan fingerprint density at radius 2 is 1.61 bits per heavy atom. The molecule has 0 aliphatic rings. The highest BCUT2D eigenvalue weighted by molar-refractivity contribution is 7.92. The van der Waals surface area contributed by atoms with Crippen molar-refractivity contribution >= 4 is 43.9 Å². The molecule has 1 amide bonds. The van der Waals surface area contributed by atoms with Gasteiger partial charge in [-0.15, -0.1) is 0 Å². The van der Waals surface area contributed by atoms with E-state index in [4.69, 9.17) is 14.5 Å². The number of amides is 1. The minimum atomic E-state index is -3.71. The van der Waals surface area contributed by atoms with Crippen LogP contribution in [0.1, 0.15) is 31.9 Å². The minimum Gasteiger partial charge on any atom is -0.494 e. The zero-order valence-electron chi connectivity index (χ0n) is 23.5. The summed E-state index contributed by atoms with van der Waals surface area (Å²) in [6, 6.07) is 19.6. The molecule has 0 aliphatic heterocycles. The van der Waals surface area contributed by atoms with Crippen LogP contribution in [0, 0.1) is 0 Å². The van der Waals surface area contributed by atoms with Crippen molar-refractivity contribution in [2.45, 2.75) is 20.8 Å². The number of ether oxygens (including phenoxy) is 2. The normalized spacial score (nSPS) is 11.9. The maximum Gasteiger partial charge on any atom is 0.240 e. The maximum atomic E-state index is 12.4. The predicted octanol–water partition coefficient (Wildman–Crippen LogP) is 4.74. The van der Waals surface area contributed by atoms with Crippen LogP contribution in [0.4, 0.5) is 11.4 Å². The summed E-state index contributed by atoms with van der Waals surface area (Å²) in [5, 5.41) is 14.4. The fraction of sp³-hybridized carbons (Fsp3) is 0.267. The second kappa shape index (κ2) is 12.8. The molecule has 4 rings (SSSR count). The number of nitrogens with one attached hydrogen (secondary N) is 2. The van der Waals surface area contributed by atoms with Crippen LogP contribution in [-0.2, 0) is 14.8 Å². The lowest BCUT2D eigenvalue weighted by Crippen LogP contribution is -2.40. The number of aromatic nitrogens is 1. The van der Waals surface area contributed by atoms with Gasteiger partial charge in [0.15, 0.2) is 17.4 Å². The average Bonchev–Trinajstić information content (AvgIpc) is 3.25. The van der Waals surface area contributed by atoms with Gasteiger partial charge in [0.25, 0.3) is 0 Å². The number of rotatable bonds is 12. The van der Waals surface area contributed by atoms with Crippen LogP contribution in [0.2, 0.25) is 0 Å². The van der Waals surface area contributed by atoms with Crippen LogP contribution in [0.15, 0.2) is 71.7 Å². The van der Waals surface area contributed by atoms with Gasteiger partial charge in [-0.2, -0.15) is 0 Å². The summed E-state index contributed by atoms with van der Waals surface area (Å²) in [6.45, 7) is 6.49. The Kier molecular flexibility index (Phi) is 9.18. The molecule has 1 heterocycles. The number of aromatic amines is 1. The van der Waals surface area contributed by atoms with Crippen molar-refractivity contribution in [3.8, 4) is 17.4 Å². The molecule has 216 valence electrons. The Morgan fingerprint density at radius 3 is 2.20 bits per heavy atom. The van der Waals surface area contributed by atoms with E-state index < -0.39 is 15.9 Å². The number of aromatic hydroxyl groups is 1. The fourth-order valence-corrected chi connectivity index (χ4v) is 5.29. The van der Waals surface area contributed by atoms with Crippen LogP contribution in [0.5, 0.6) is 17.4 Å². The Bertz CT molecular complexity index is 1650. The van der Waals surface area contributed by atoms with E-state index in [1.165, 1.54) is 0 Å². The summed E-state index contributed by atoms with van der Waals surface area (Å²) >= 11 is 0. The molecule has 0 radical (unpaired) electrons. The molecule has 3 N–H and O–H groups in total. The summed E-state index contributed by atoms with van der Waals surface area (Å²) < 4.78 is 37.5. The molecular weight excluding hydrogens is 544 g/mol. The standard InChI is InChI=1S/C30H34N4O6S/c1-5-31-27(35)19-34(41(4,37)38)22-15-13-21(14-16-22)32-29(20-11-9-8-10-12-20)28-23-17-25(39-6-2)26(40-7-3)18-24(23)33-30(28)36/h8-18,33,36H,5-7,19H2,1-4H3,(H,31,35). The van der Waals surface area contributed by atoms with Gasteiger partial charge in [0, 0.05) is 23.6 Å². The number of benzene rings is 3. The number of anilines is 1. The number of nitrogens with zero attached hydrogens (tertiary/aromatic N) is 2. The van der Waals surface area contributed by atoms with Gasteiger partial charge in [0.05, 0.1) is 47.6 Å². The van der Waals surface area contributed by atoms with Crippen LogP contribution in [-0.4, -0.2) is 62.7 Å². The number of aliphatic imine (C=N–C) groups is 1. The monoisotopic (exact) mass is 578 g/mol. The van der Waals surface area contributed by atoms with E-state index in [0.717, 1.165) is 16.1 Å². The molecular formula is C30H34N4O6S. The highest BCUT2D eigenvalue weighted by atomic mass is 32.2. The highest BCUT2D eigenvalue weighted by Gasteiger charge is 2.23. The molecule has 0 bridgehead atoms. The summed E-state index contributed by atoms with van der Waals surface area (Å²) in [5.41, 5.74) is 3.23. The van der Waals surface area contributed by atoms with Crippen molar-refractivity contribution in [2.24, 2.45) is 4.99 Å². The van der Waals surface area contributed by atoms with E-state index in [9.17, 15) is 18.3 Å². The summed E-state index contributed by atoms with van der Waals surface area (Å²) in [5.74, 6) is 0.638. The summed E-state index contributed by atoms with van der Waals surface area (Å²) in [6.07, 6.45) is 1.05. The Labute approximate surface area is 239 Å². The quantitative estimate of drug-likeness (QED) is 0.208. The predicted molar refractivity (Wildman–Crippen MR) is 161 cm³/mol. The Hall–Kier alpha value is -4.51. The number of carbonyl (C=O) groups excluding carboxylic acids is 1. The first-order chi connectivity index (χ1) is 19.7. The molecule has 0 fully saturated rings. The number of H-pyrrole nitrogens is 1.